The van der Waals surface area contributed by atoms with E-state index in [4.69, 9.17) is 0 Å². The van der Waals surface area contributed by atoms with Crippen molar-refractivity contribution in [3.63, 3.8) is 0 Å². The molecule has 0 aliphatic heterocycles. The van der Waals surface area contributed by atoms with Crippen LogP contribution in [0.25, 0.3) is 0 Å². The Bertz CT molecular complexity index is 576. The van der Waals surface area contributed by atoms with Gasteiger partial charge in [0.2, 0.25) is 0 Å². The predicted octanol–water partition coefficient (Wildman–Crippen LogP) is 2.86. The van der Waals surface area contributed by atoms with Gasteiger partial charge in [-0.3, -0.25) is 9.36 Å². The molecule has 0 aromatic carbocycles. The summed E-state index contributed by atoms with van der Waals surface area (Å²) in [5.41, 5.74) is 2.85. The highest BCUT2D eigenvalue weighted by molar-refractivity contribution is 9.10. The molecule has 1 N–H and O–H groups in total. The second-order valence-electron chi connectivity index (χ2n) is 4.86. The fourth-order valence-electron chi connectivity index (χ4n) is 2.38. The Morgan fingerprint density at radius 1 is 1.35 bits per heavy atom. The van der Waals surface area contributed by atoms with E-state index in [1.807, 2.05) is 22.4 Å². The number of aromatic nitrogens is 4. The van der Waals surface area contributed by atoms with E-state index >= 15 is 0 Å². The van der Waals surface area contributed by atoms with Gasteiger partial charge in [0.15, 0.2) is 0 Å². The van der Waals surface area contributed by atoms with Gasteiger partial charge in [0, 0.05) is 25.7 Å². The van der Waals surface area contributed by atoms with Crippen LogP contribution in [0, 0.1) is 6.92 Å². The van der Waals surface area contributed by atoms with E-state index in [2.05, 4.69) is 40.0 Å². The molecule has 2 rings (SSSR count). The van der Waals surface area contributed by atoms with Crippen LogP contribution in [0.15, 0.2) is 16.7 Å². The number of nitrogens with zero attached hydrogens (tertiary/aromatic N) is 4. The van der Waals surface area contributed by atoms with E-state index in [1.54, 1.807) is 6.20 Å². The highest BCUT2D eigenvalue weighted by atomic mass is 79.9. The molecule has 2 heterocycles. The molecule has 0 saturated carbocycles. The second-order valence-corrected chi connectivity index (χ2v) is 5.65. The Balaban J connectivity index is 2.23. The van der Waals surface area contributed by atoms with E-state index in [0.717, 1.165) is 41.1 Å². The number of aliphatic hydroxyl groups is 1. The number of halogens is 1. The van der Waals surface area contributed by atoms with Crippen LogP contribution in [0.2, 0.25) is 0 Å². The zero-order valence-electron chi connectivity index (χ0n) is 12.2. The molecule has 0 fully saturated rings. The molecule has 0 amide bonds. The molecular weight excluding hydrogens is 320 g/mol. The lowest BCUT2D eigenvalue weighted by Gasteiger charge is -2.14. The van der Waals surface area contributed by atoms with Gasteiger partial charge in [0.1, 0.15) is 6.10 Å². The first kappa shape index (κ1) is 15.3. The molecule has 1 atom stereocenters. The van der Waals surface area contributed by atoms with E-state index in [1.165, 1.54) is 0 Å². The largest absolute Gasteiger partial charge is 0.386 e. The maximum atomic E-state index is 10.5. The summed E-state index contributed by atoms with van der Waals surface area (Å²) in [5.74, 6) is 0. The Kier molecular flexibility index (Phi) is 4.99. The van der Waals surface area contributed by atoms with Gasteiger partial charge in [0.05, 0.1) is 21.6 Å². The molecule has 110 valence electrons. The molecule has 0 aliphatic rings. The third kappa shape index (κ3) is 2.96. The molecule has 1 unspecified atom stereocenters. The molecule has 0 aliphatic carbocycles. The van der Waals surface area contributed by atoms with Crippen molar-refractivity contribution in [2.75, 3.05) is 0 Å². The van der Waals surface area contributed by atoms with Gasteiger partial charge in [-0.15, -0.1) is 0 Å². The van der Waals surface area contributed by atoms with Crippen LogP contribution in [-0.2, 0) is 19.5 Å². The third-order valence-corrected chi connectivity index (χ3v) is 4.40. The van der Waals surface area contributed by atoms with Crippen LogP contribution < -0.4 is 0 Å². The highest BCUT2D eigenvalue weighted by Crippen LogP contribution is 2.26. The molecule has 20 heavy (non-hydrogen) atoms. The van der Waals surface area contributed by atoms with E-state index in [-0.39, 0.29) is 0 Å². The SMILES string of the molecule is CCCn1nccc1C(O)Cc1c(Br)c(C)nn1CC. The minimum atomic E-state index is -0.568. The van der Waals surface area contributed by atoms with Gasteiger partial charge in [-0.25, -0.2) is 0 Å². The molecular formula is C14H21BrN4O. The van der Waals surface area contributed by atoms with E-state index < -0.39 is 6.10 Å². The fourth-order valence-corrected chi connectivity index (χ4v) is 2.82. The van der Waals surface area contributed by atoms with Crippen LogP contribution in [0.3, 0.4) is 0 Å². The standard InChI is InChI=1S/C14H21BrN4O/c1-4-8-19-11(6-7-16-19)13(20)9-12-14(15)10(3)17-18(12)5-2/h6-7,13,20H,4-5,8-9H2,1-3H3. The molecule has 2 aromatic heterocycles. The van der Waals surface area contributed by atoms with E-state index in [0.29, 0.717) is 6.42 Å². The van der Waals surface area contributed by atoms with Gasteiger partial charge >= 0.3 is 0 Å². The first-order chi connectivity index (χ1) is 9.58. The van der Waals surface area contributed by atoms with Crippen molar-refractivity contribution in [2.24, 2.45) is 0 Å². The summed E-state index contributed by atoms with van der Waals surface area (Å²) in [6.45, 7) is 7.74. The number of rotatable bonds is 6. The lowest BCUT2D eigenvalue weighted by atomic mass is 10.1. The van der Waals surface area contributed by atoms with Crippen LogP contribution in [-0.4, -0.2) is 24.7 Å². The summed E-state index contributed by atoms with van der Waals surface area (Å²) >= 11 is 3.57. The van der Waals surface area contributed by atoms with Gasteiger partial charge in [-0.2, -0.15) is 10.2 Å². The molecule has 5 nitrogen and oxygen atoms in total. The van der Waals surface area contributed by atoms with Crippen molar-refractivity contribution < 1.29 is 5.11 Å². The van der Waals surface area contributed by atoms with Gasteiger partial charge < -0.3 is 5.11 Å². The van der Waals surface area contributed by atoms with Crippen molar-refractivity contribution in [2.45, 2.75) is 52.8 Å². The Morgan fingerprint density at radius 3 is 2.75 bits per heavy atom. The summed E-state index contributed by atoms with van der Waals surface area (Å²) in [5, 5.41) is 19.2. The van der Waals surface area contributed by atoms with Crippen LogP contribution in [0.5, 0.6) is 0 Å². The number of hydrogen-bond acceptors (Lipinski definition) is 3. The summed E-state index contributed by atoms with van der Waals surface area (Å²) in [6, 6.07) is 1.88. The minimum Gasteiger partial charge on any atom is -0.386 e. The molecule has 6 heteroatoms. The Hall–Kier alpha value is -1.14. The van der Waals surface area contributed by atoms with Crippen molar-refractivity contribution in [3.05, 3.63) is 33.8 Å². The monoisotopic (exact) mass is 340 g/mol. The smallest absolute Gasteiger partial charge is 0.101 e. The average molecular weight is 341 g/mol. The first-order valence-electron chi connectivity index (χ1n) is 7.00. The van der Waals surface area contributed by atoms with Crippen molar-refractivity contribution in [3.8, 4) is 0 Å². The predicted molar refractivity (Wildman–Crippen MR) is 81.5 cm³/mol. The third-order valence-electron chi connectivity index (χ3n) is 3.37. The van der Waals surface area contributed by atoms with Gasteiger partial charge in [-0.05, 0) is 42.3 Å². The second kappa shape index (κ2) is 6.54. The van der Waals surface area contributed by atoms with Crippen molar-refractivity contribution in [1.29, 1.82) is 0 Å². The van der Waals surface area contributed by atoms with Crippen LogP contribution in [0.1, 0.15) is 43.5 Å². The summed E-state index contributed by atoms with van der Waals surface area (Å²) in [4.78, 5) is 0. The van der Waals surface area contributed by atoms with Gasteiger partial charge in [0.25, 0.3) is 0 Å². The van der Waals surface area contributed by atoms with Crippen molar-refractivity contribution >= 4 is 15.9 Å². The maximum absolute atomic E-state index is 10.5. The fraction of sp³-hybridized carbons (Fsp3) is 0.571. The lowest BCUT2D eigenvalue weighted by molar-refractivity contribution is 0.163. The van der Waals surface area contributed by atoms with Crippen molar-refractivity contribution in [1.82, 2.24) is 19.6 Å². The summed E-state index contributed by atoms with van der Waals surface area (Å²) in [7, 11) is 0. The maximum Gasteiger partial charge on any atom is 0.101 e. The summed E-state index contributed by atoms with van der Waals surface area (Å²) < 4.78 is 4.79. The molecule has 0 spiro atoms. The van der Waals surface area contributed by atoms with Crippen LogP contribution in [0.4, 0.5) is 0 Å². The zero-order valence-corrected chi connectivity index (χ0v) is 13.8. The average Bonchev–Trinajstić information content (AvgIpc) is 2.99. The van der Waals surface area contributed by atoms with E-state index in [9.17, 15) is 5.11 Å². The molecule has 0 bridgehead atoms. The summed E-state index contributed by atoms with van der Waals surface area (Å²) in [6.07, 6.45) is 2.70. The number of hydrogen-bond donors (Lipinski definition) is 1. The lowest BCUT2D eigenvalue weighted by Crippen LogP contribution is -2.13. The quantitative estimate of drug-likeness (QED) is 0.879. The molecule has 2 aromatic rings. The number of aryl methyl sites for hydroxylation is 3. The van der Waals surface area contributed by atoms with Gasteiger partial charge in [-0.1, -0.05) is 6.92 Å². The molecule has 0 saturated heterocycles. The Labute approximate surface area is 127 Å². The molecule has 0 radical (unpaired) electrons. The topological polar surface area (TPSA) is 55.9 Å². The van der Waals surface area contributed by atoms with Crippen LogP contribution >= 0.6 is 15.9 Å². The first-order valence-corrected chi connectivity index (χ1v) is 7.79. The highest BCUT2D eigenvalue weighted by Gasteiger charge is 2.19. The zero-order chi connectivity index (χ0) is 14.7. The Morgan fingerprint density at radius 2 is 2.10 bits per heavy atom. The minimum absolute atomic E-state index is 0.532. The normalized spacial score (nSPS) is 12.8. The number of aliphatic hydroxyl groups excluding tert-OH is 1.